The van der Waals surface area contributed by atoms with Gasteiger partial charge in [0.1, 0.15) is 5.82 Å². The molecular formula is C23H23N5OS2. The van der Waals surface area contributed by atoms with Gasteiger partial charge in [-0.3, -0.25) is 9.36 Å². The summed E-state index contributed by atoms with van der Waals surface area (Å²) in [5.41, 5.74) is 5.99. The molecule has 0 saturated carbocycles. The molecule has 4 aromatic rings. The fourth-order valence-electron chi connectivity index (χ4n) is 3.25. The highest BCUT2D eigenvalue weighted by Crippen LogP contribution is 2.26. The van der Waals surface area contributed by atoms with Crippen LogP contribution in [0.25, 0.3) is 16.9 Å². The van der Waals surface area contributed by atoms with E-state index in [1.54, 1.807) is 11.3 Å². The summed E-state index contributed by atoms with van der Waals surface area (Å²) < 4.78 is 2.01. The van der Waals surface area contributed by atoms with E-state index in [1.165, 1.54) is 11.8 Å². The van der Waals surface area contributed by atoms with Gasteiger partial charge in [-0.2, -0.15) is 0 Å². The number of aromatic nitrogens is 4. The van der Waals surface area contributed by atoms with Gasteiger partial charge in [-0.15, -0.1) is 21.5 Å². The molecule has 1 amide bonds. The summed E-state index contributed by atoms with van der Waals surface area (Å²) in [5, 5.41) is 15.2. The molecule has 0 bridgehead atoms. The van der Waals surface area contributed by atoms with Gasteiger partial charge in [0, 0.05) is 16.6 Å². The van der Waals surface area contributed by atoms with Gasteiger partial charge in [0.05, 0.1) is 22.1 Å². The van der Waals surface area contributed by atoms with E-state index >= 15 is 0 Å². The first-order valence-corrected chi connectivity index (χ1v) is 11.7. The molecule has 2 heterocycles. The Labute approximate surface area is 189 Å². The maximum Gasteiger partial charge on any atom is 0.234 e. The van der Waals surface area contributed by atoms with Crippen molar-refractivity contribution in [1.82, 2.24) is 19.7 Å². The zero-order valence-electron chi connectivity index (χ0n) is 17.8. The minimum atomic E-state index is -0.0928. The molecule has 0 saturated heterocycles. The van der Waals surface area contributed by atoms with Gasteiger partial charge < -0.3 is 5.32 Å². The van der Waals surface area contributed by atoms with Gasteiger partial charge in [0.2, 0.25) is 5.91 Å². The van der Waals surface area contributed by atoms with Crippen LogP contribution in [0.1, 0.15) is 22.0 Å². The fraction of sp³-hybridized carbons (Fsp3) is 0.217. The highest BCUT2D eigenvalue weighted by molar-refractivity contribution is 7.99. The van der Waals surface area contributed by atoms with Gasteiger partial charge in [-0.05, 0) is 57.0 Å². The Morgan fingerprint density at radius 1 is 1.10 bits per heavy atom. The number of thioether (sulfide) groups is 1. The van der Waals surface area contributed by atoms with Gasteiger partial charge in [-0.1, -0.05) is 36.0 Å². The maximum absolute atomic E-state index is 12.6. The highest BCUT2D eigenvalue weighted by Gasteiger charge is 2.15. The normalized spacial score (nSPS) is 11.0. The van der Waals surface area contributed by atoms with Crippen LogP contribution >= 0.6 is 23.1 Å². The van der Waals surface area contributed by atoms with Crippen molar-refractivity contribution in [1.29, 1.82) is 0 Å². The predicted molar refractivity (Wildman–Crippen MR) is 127 cm³/mol. The third kappa shape index (κ3) is 4.86. The van der Waals surface area contributed by atoms with Crippen LogP contribution in [0.3, 0.4) is 0 Å². The van der Waals surface area contributed by atoms with Crippen LogP contribution in [0.2, 0.25) is 0 Å². The second-order valence-electron chi connectivity index (χ2n) is 7.32. The number of amides is 1. The number of thiazole rings is 1. The Balaban J connectivity index is 1.46. The Morgan fingerprint density at radius 3 is 2.71 bits per heavy atom. The second kappa shape index (κ2) is 9.03. The van der Waals surface area contributed by atoms with Gasteiger partial charge in [0.15, 0.2) is 5.16 Å². The second-order valence-corrected chi connectivity index (χ2v) is 9.33. The minimum absolute atomic E-state index is 0.0928. The molecule has 8 heteroatoms. The molecule has 31 heavy (non-hydrogen) atoms. The van der Waals surface area contributed by atoms with Crippen LogP contribution in [-0.4, -0.2) is 31.4 Å². The van der Waals surface area contributed by atoms with Gasteiger partial charge in [0.25, 0.3) is 0 Å². The van der Waals surface area contributed by atoms with Crippen LogP contribution in [0.5, 0.6) is 0 Å². The lowest BCUT2D eigenvalue weighted by Gasteiger charge is -2.12. The standard InChI is InChI=1S/C23H23N5OS2/c1-14-8-9-15(2)21(10-14)28-16(3)26-27-23(28)31-13-22(29)25-19-7-5-6-18(11-19)20-12-30-17(4)24-20/h5-12H,13H2,1-4H3,(H,25,29). The fourth-order valence-corrected chi connectivity index (χ4v) is 4.67. The molecule has 2 aromatic carbocycles. The van der Waals surface area contributed by atoms with Crippen molar-refractivity contribution in [2.75, 3.05) is 11.1 Å². The minimum Gasteiger partial charge on any atom is -0.325 e. The summed E-state index contributed by atoms with van der Waals surface area (Å²) in [7, 11) is 0. The van der Waals surface area contributed by atoms with Crippen molar-refractivity contribution < 1.29 is 4.79 Å². The van der Waals surface area contributed by atoms with Gasteiger partial charge >= 0.3 is 0 Å². The number of nitrogens with one attached hydrogen (secondary N) is 1. The summed E-state index contributed by atoms with van der Waals surface area (Å²) >= 11 is 2.99. The lowest BCUT2D eigenvalue weighted by molar-refractivity contribution is -0.113. The molecule has 0 radical (unpaired) electrons. The Bertz CT molecular complexity index is 1240. The number of hydrogen-bond donors (Lipinski definition) is 1. The van der Waals surface area contributed by atoms with Crippen molar-refractivity contribution in [2.45, 2.75) is 32.9 Å². The van der Waals surface area contributed by atoms with Crippen molar-refractivity contribution in [3.8, 4) is 16.9 Å². The lowest BCUT2D eigenvalue weighted by Crippen LogP contribution is -2.14. The summed E-state index contributed by atoms with van der Waals surface area (Å²) in [6.07, 6.45) is 0. The molecular weight excluding hydrogens is 426 g/mol. The number of anilines is 1. The summed E-state index contributed by atoms with van der Waals surface area (Å²) in [4.78, 5) is 17.1. The van der Waals surface area contributed by atoms with Gasteiger partial charge in [-0.25, -0.2) is 4.98 Å². The van der Waals surface area contributed by atoms with E-state index in [9.17, 15) is 4.79 Å². The summed E-state index contributed by atoms with van der Waals surface area (Å²) in [6, 6.07) is 14.0. The number of aryl methyl sites for hydroxylation is 4. The van der Waals surface area contributed by atoms with Crippen LogP contribution < -0.4 is 5.32 Å². The first-order chi connectivity index (χ1) is 14.9. The first kappa shape index (κ1) is 21.3. The first-order valence-electron chi connectivity index (χ1n) is 9.85. The van der Waals surface area contributed by atoms with Crippen LogP contribution in [0, 0.1) is 27.7 Å². The van der Waals surface area contributed by atoms with E-state index in [1.807, 2.05) is 48.1 Å². The Morgan fingerprint density at radius 2 is 1.94 bits per heavy atom. The molecule has 1 N–H and O–H groups in total. The molecule has 0 aliphatic rings. The average Bonchev–Trinajstić information content (AvgIpc) is 3.34. The van der Waals surface area contributed by atoms with Crippen LogP contribution in [-0.2, 0) is 4.79 Å². The van der Waals surface area contributed by atoms with E-state index < -0.39 is 0 Å². The predicted octanol–water partition coefficient (Wildman–Crippen LogP) is 5.36. The van der Waals surface area contributed by atoms with E-state index in [2.05, 4.69) is 52.5 Å². The molecule has 4 rings (SSSR count). The largest absolute Gasteiger partial charge is 0.325 e. The summed E-state index contributed by atoms with van der Waals surface area (Å²) in [5.74, 6) is 0.941. The topological polar surface area (TPSA) is 72.7 Å². The van der Waals surface area contributed by atoms with E-state index in [-0.39, 0.29) is 11.7 Å². The summed E-state index contributed by atoms with van der Waals surface area (Å²) in [6.45, 7) is 8.02. The third-order valence-electron chi connectivity index (χ3n) is 4.79. The number of nitrogens with zero attached hydrogens (tertiary/aromatic N) is 4. The molecule has 0 spiro atoms. The number of benzene rings is 2. The third-order valence-corrected chi connectivity index (χ3v) is 6.50. The van der Waals surface area contributed by atoms with Crippen molar-refractivity contribution in [3.05, 3.63) is 69.8 Å². The molecule has 0 fully saturated rings. The molecule has 0 atom stereocenters. The van der Waals surface area contributed by atoms with Crippen molar-refractivity contribution in [3.63, 3.8) is 0 Å². The zero-order valence-corrected chi connectivity index (χ0v) is 19.5. The smallest absolute Gasteiger partial charge is 0.234 e. The number of carbonyl (C=O) groups excluding carboxylic acids is 1. The highest BCUT2D eigenvalue weighted by atomic mass is 32.2. The van der Waals surface area contributed by atoms with E-state index in [0.29, 0.717) is 5.16 Å². The van der Waals surface area contributed by atoms with E-state index in [0.717, 1.165) is 44.6 Å². The average molecular weight is 450 g/mol. The Kier molecular flexibility index (Phi) is 6.20. The molecule has 0 aliphatic carbocycles. The number of hydrogen-bond acceptors (Lipinski definition) is 6. The van der Waals surface area contributed by atoms with Crippen LogP contribution in [0.4, 0.5) is 5.69 Å². The van der Waals surface area contributed by atoms with Crippen molar-refractivity contribution in [2.24, 2.45) is 0 Å². The van der Waals surface area contributed by atoms with Crippen LogP contribution in [0.15, 0.2) is 53.0 Å². The monoisotopic (exact) mass is 449 g/mol. The van der Waals surface area contributed by atoms with Crippen molar-refractivity contribution >= 4 is 34.7 Å². The Hall–Kier alpha value is -2.97. The quantitative estimate of drug-likeness (QED) is 0.402. The molecule has 0 aliphatic heterocycles. The zero-order chi connectivity index (χ0) is 22.0. The number of rotatable bonds is 6. The SMILES string of the molecule is Cc1ccc(C)c(-n2c(C)nnc2SCC(=O)Nc2cccc(-c3csc(C)n3)c2)c1. The van der Waals surface area contributed by atoms with E-state index in [4.69, 9.17) is 0 Å². The lowest BCUT2D eigenvalue weighted by atomic mass is 10.1. The molecule has 2 aromatic heterocycles. The molecule has 158 valence electrons. The maximum atomic E-state index is 12.6. The molecule has 0 unspecified atom stereocenters. The molecule has 6 nitrogen and oxygen atoms in total. The number of carbonyl (C=O) groups is 1.